The fraction of sp³-hybridized carbons (Fsp3) is 0.286. The van der Waals surface area contributed by atoms with E-state index in [0.29, 0.717) is 38.4 Å². The summed E-state index contributed by atoms with van der Waals surface area (Å²) in [7, 11) is 0. The van der Waals surface area contributed by atoms with Gasteiger partial charge < -0.3 is 10.2 Å². The van der Waals surface area contributed by atoms with Crippen LogP contribution >= 0.6 is 0 Å². The summed E-state index contributed by atoms with van der Waals surface area (Å²) < 4.78 is 0. The van der Waals surface area contributed by atoms with E-state index in [0.717, 1.165) is 22.2 Å². The van der Waals surface area contributed by atoms with Crippen molar-refractivity contribution in [2.45, 2.75) is 6.92 Å². The van der Waals surface area contributed by atoms with Crippen LogP contribution in [0.3, 0.4) is 0 Å². The number of aromatic amines is 1. The minimum atomic E-state index is -0.0646. The molecule has 7 heteroatoms. The summed E-state index contributed by atoms with van der Waals surface area (Å²) in [5, 5.41) is 10.9. The van der Waals surface area contributed by atoms with Crippen LogP contribution in [-0.4, -0.2) is 64.5 Å². The third-order valence-electron chi connectivity index (χ3n) is 5.01. The SMILES string of the molecule is Cc1ccc2[nH]nc(C(=O)N3CCN(CC(=O)Nc4ccccc4)CC3)c2c1. The molecule has 0 radical (unpaired) electrons. The van der Waals surface area contributed by atoms with Crippen molar-refractivity contribution < 1.29 is 9.59 Å². The van der Waals surface area contributed by atoms with Crippen molar-refractivity contribution in [1.29, 1.82) is 0 Å². The average Bonchev–Trinajstić information content (AvgIpc) is 3.11. The van der Waals surface area contributed by atoms with Gasteiger partial charge in [-0.2, -0.15) is 5.10 Å². The Bertz CT molecular complexity index is 990. The smallest absolute Gasteiger partial charge is 0.275 e. The molecular formula is C21H23N5O2. The zero-order chi connectivity index (χ0) is 19.5. The molecular weight excluding hydrogens is 354 g/mol. The number of hydrogen-bond donors (Lipinski definition) is 2. The van der Waals surface area contributed by atoms with Gasteiger partial charge in [-0.3, -0.25) is 19.6 Å². The van der Waals surface area contributed by atoms with Crippen molar-refractivity contribution in [3.63, 3.8) is 0 Å². The summed E-state index contributed by atoms with van der Waals surface area (Å²) in [6.07, 6.45) is 0. The van der Waals surface area contributed by atoms with Gasteiger partial charge in [-0.1, -0.05) is 29.8 Å². The van der Waals surface area contributed by atoms with Gasteiger partial charge in [0.25, 0.3) is 5.91 Å². The second-order valence-corrected chi connectivity index (χ2v) is 7.10. The highest BCUT2D eigenvalue weighted by molar-refractivity contribution is 6.04. The fourth-order valence-electron chi connectivity index (χ4n) is 3.47. The van der Waals surface area contributed by atoms with Gasteiger partial charge in [0.15, 0.2) is 5.69 Å². The molecule has 0 spiro atoms. The van der Waals surface area contributed by atoms with E-state index in [-0.39, 0.29) is 11.8 Å². The summed E-state index contributed by atoms with van der Waals surface area (Å²) in [6.45, 7) is 4.81. The van der Waals surface area contributed by atoms with E-state index in [1.165, 1.54) is 0 Å². The topological polar surface area (TPSA) is 81.3 Å². The van der Waals surface area contributed by atoms with E-state index < -0.39 is 0 Å². The van der Waals surface area contributed by atoms with Crippen LogP contribution in [0.2, 0.25) is 0 Å². The number of hydrogen-bond acceptors (Lipinski definition) is 4. The third kappa shape index (κ3) is 3.89. The molecule has 7 nitrogen and oxygen atoms in total. The summed E-state index contributed by atoms with van der Waals surface area (Å²) in [4.78, 5) is 29.0. The number of carbonyl (C=O) groups is 2. The Balaban J connectivity index is 1.34. The van der Waals surface area contributed by atoms with Gasteiger partial charge in [-0.15, -0.1) is 0 Å². The number of amides is 2. The number of benzene rings is 2. The summed E-state index contributed by atoms with van der Waals surface area (Å²) in [5.74, 6) is -0.106. The van der Waals surface area contributed by atoms with Gasteiger partial charge in [-0.25, -0.2) is 0 Å². The highest BCUT2D eigenvalue weighted by Gasteiger charge is 2.26. The monoisotopic (exact) mass is 377 g/mol. The number of para-hydroxylation sites is 1. The number of piperazine rings is 1. The van der Waals surface area contributed by atoms with E-state index in [2.05, 4.69) is 20.4 Å². The lowest BCUT2D eigenvalue weighted by molar-refractivity contribution is -0.117. The van der Waals surface area contributed by atoms with Crippen LogP contribution in [0.15, 0.2) is 48.5 Å². The van der Waals surface area contributed by atoms with Crippen LogP contribution in [0.5, 0.6) is 0 Å². The second-order valence-electron chi connectivity index (χ2n) is 7.10. The molecule has 4 rings (SSSR count). The van der Waals surface area contributed by atoms with Gasteiger partial charge in [0.2, 0.25) is 5.91 Å². The Kier molecular flexibility index (Phi) is 5.08. The van der Waals surface area contributed by atoms with E-state index in [9.17, 15) is 9.59 Å². The van der Waals surface area contributed by atoms with Crippen LogP contribution in [0.1, 0.15) is 16.1 Å². The zero-order valence-electron chi connectivity index (χ0n) is 15.8. The molecule has 1 saturated heterocycles. The van der Waals surface area contributed by atoms with Gasteiger partial charge in [0, 0.05) is 37.3 Å². The predicted molar refractivity (Wildman–Crippen MR) is 108 cm³/mol. The minimum absolute atomic E-state index is 0.0419. The Morgan fingerprint density at radius 2 is 1.82 bits per heavy atom. The number of carbonyl (C=O) groups excluding carboxylic acids is 2. The molecule has 0 aliphatic carbocycles. The van der Waals surface area contributed by atoms with Crippen molar-refractivity contribution in [3.8, 4) is 0 Å². The molecule has 2 aromatic carbocycles. The maximum atomic E-state index is 12.9. The molecule has 0 saturated carbocycles. The number of nitrogens with zero attached hydrogens (tertiary/aromatic N) is 3. The molecule has 2 N–H and O–H groups in total. The number of nitrogens with one attached hydrogen (secondary N) is 2. The maximum Gasteiger partial charge on any atom is 0.275 e. The Hall–Kier alpha value is -3.19. The first-order valence-corrected chi connectivity index (χ1v) is 9.41. The van der Waals surface area contributed by atoms with E-state index in [1.54, 1.807) is 0 Å². The molecule has 28 heavy (non-hydrogen) atoms. The number of anilines is 1. The molecule has 0 atom stereocenters. The molecule has 2 heterocycles. The van der Waals surface area contributed by atoms with Crippen molar-refractivity contribution in [2.75, 3.05) is 38.0 Å². The number of fused-ring (bicyclic) bond motifs is 1. The second kappa shape index (κ2) is 7.82. The standard InChI is InChI=1S/C21H23N5O2/c1-15-7-8-18-17(13-15)20(24-23-18)21(28)26-11-9-25(10-12-26)14-19(27)22-16-5-3-2-4-6-16/h2-8,13H,9-12,14H2,1H3,(H,22,27)(H,23,24). The normalized spacial score (nSPS) is 15.0. The first-order valence-electron chi connectivity index (χ1n) is 9.41. The predicted octanol–water partition coefficient (Wildman–Crippen LogP) is 2.27. The number of aromatic nitrogens is 2. The molecule has 3 aromatic rings. The molecule has 144 valence electrons. The molecule has 0 bridgehead atoms. The highest BCUT2D eigenvalue weighted by Crippen LogP contribution is 2.19. The van der Waals surface area contributed by atoms with Crippen LogP contribution in [-0.2, 0) is 4.79 Å². The lowest BCUT2D eigenvalue weighted by atomic mass is 10.1. The van der Waals surface area contributed by atoms with E-state index in [1.807, 2.05) is 60.4 Å². The van der Waals surface area contributed by atoms with Gasteiger partial charge in [-0.05, 0) is 31.2 Å². The number of H-pyrrole nitrogens is 1. The largest absolute Gasteiger partial charge is 0.335 e. The quantitative estimate of drug-likeness (QED) is 0.731. The number of aryl methyl sites for hydroxylation is 1. The first kappa shape index (κ1) is 18.2. The molecule has 1 aromatic heterocycles. The Morgan fingerprint density at radius 1 is 1.07 bits per heavy atom. The van der Waals surface area contributed by atoms with Crippen LogP contribution < -0.4 is 5.32 Å². The van der Waals surface area contributed by atoms with Crippen LogP contribution in [0.4, 0.5) is 5.69 Å². The van der Waals surface area contributed by atoms with Crippen LogP contribution in [0.25, 0.3) is 10.9 Å². The molecule has 0 unspecified atom stereocenters. The average molecular weight is 377 g/mol. The van der Waals surface area contributed by atoms with Gasteiger partial charge in [0.1, 0.15) is 0 Å². The van der Waals surface area contributed by atoms with Crippen molar-refractivity contribution >= 4 is 28.4 Å². The highest BCUT2D eigenvalue weighted by atomic mass is 16.2. The number of rotatable bonds is 4. The summed E-state index contributed by atoms with van der Waals surface area (Å²) >= 11 is 0. The summed E-state index contributed by atoms with van der Waals surface area (Å²) in [5.41, 5.74) is 3.22. The zero-order valence-corrected chi connectivity index (χ0v) is 15.8. The van der Waals surface area contributed by atoms with Crippen molar-refractivity contribution in [2.24, 2.45) is 0 Å². The molecule has 1 aliphatic heterocycles. The van der Waals surface area contributed by atoms with E-state index in [4.69, 9.17) is 0 Å². The molecule has 1 fully saturated rings. The van der Waals surface area contributed by atoms with Crippen LogP contribution in [0, 0.1) is 6.92 Å². The Labute approximate surface area is 163 Å². The summed E-state index contributed by atoms with van der Waals surface area (Å²) in [6, 6.07) is 15.3. The van der Waals surface area contributed by atoms with Gasteiger partial charge in [0.05, 0.1) is 12.1 Å². The van der Waals surface area contributed by atoms with E-state index >= 15 is 0 Å². The first-order chi connectivity index (χ1) is 13.6. The van der Waals surface area contributed by atoms with Gasteiger partial charge >= 0.3 is 0 Å². The maximum absolute atomic E-state index is 12.9. The third-order valence-corrected chi connectivity index (χ3v) is 5.01. The Morgan fingerprint density at radius 3 is 2.57 bits per heavy atom. The van der Waals surface area contributed by atoms with Crippen molar-refractivity contribution in [3.05, 3.63) is 59.8 Å². The molecule has 1 aliphatic rings. The molecule has 2 amide bonds. The van der Waals surface area contributed by atoms with Crippen molar-refractivity contribution in [1.82, 2.24) is 20.0 Å². The lowest BCUT2D eigenvalue weighted by Gasteiger charge is -2.34. The minimum Gasteiger partial charge on any atom is -0.335 e. The lowest BCUT2D eigenvalue weighted by Crippen LogP contribution is -2.50. The fourth-order valence-corrected chi connectivity index (χ4v) is 3.47.